The summed E-state index contributed by atoms with van der Waals surface area (Å²) in [5.74, 6) is 0.753. The summed E-state index contributed by atoms with van der Waals surface area (Å²) in [6.07, 6.45) is 0.347. The molecule has 3 heteroatoms. The minimum Gasteiger partial charge on any atom is -0.489 e. The number of halogens is 1. The molecule has 0 aliphatic heterocycles. The molecular weight excluding hydrogens is 320 g/mol. The molecule has 24 heavy (non-hydrogen) atoms. The fraction of sp³-hybridized carbons (Fsp3) is 0.0952. The Kier molecular flexibility index (Phi) is 5.29. The number of hydrogen-bond acceptors (Lipinski definition) is 2. The van der Waals surface area contributed by atoms with Crippen LogP contribution in [-0.2, 0) is 13.0 Å². The topological polar surface area (TPSA) is 26.3 Å². The Hall–Kier alpha value is -2.58. The van der Waals surface area contributed by atoms with Crippen LogP contribution in [0.5, 0.6) is 5.75 Å². The molecule has 0 unspecified atom stereocenters. The van der Waals surface area contributed by atoms with Gasteiger partial charge in [0.25, 0.3) is 0 Å². The van der Waals surface area contributed by atoms with Gasteiger partial charge in [0.15, 0.2) is 5.78 Å². The lowest BCUT2D eigenvalue weighted by atomic mass is 10.0. The third-order valence-electron chi connectivity index (χ3n) is 3.68. The molecule has 0 atom stereocenters. The number of ketones is 1. The Labute approximate surface area is 146 Å². The highest BCUT2D eigenvalue weighted by molar-refractivity contribution is 6.30. The summed E-state index contributed by atoms with van der Waals surface area (Å²) in [7, 11) is 0. The molecule has 3 aromatic rings. The Morgan fingerprint density at radius 3 is 2.33 bits per heavy atom. The molecule has 0 bridgehead atoms. The van der Waals surface area contributed by atoms with Crippen molar-refractivity contribution < 1.29 is 9.53 Å². The summed E-state index contributed by atoms with van der Waals surface area (Å²) in [6.45, 7) is 0.482. The first kappa shape index (κ1) is 16.3. The van der Waals surface area contributed by atoms with Crippen LogP contribution < -0.4 is 4.74 Å². The standard InChI is InChI=1S/C21H17ClO2/c22-19-11-9-16(10-12-19)13-21(23)18-7-4-8-20(14-18)24-15-17-5-2-1-3-6-17/h1-12,14H,13,15H2. The summed E-state index contributed by atoms with van der Waals surface area (Å²) >= 11 is 5.87. The number of rotatable bonds is 6. The van der Waals surface area contributed by atoms with Gasteiger partial charge in [0.05, 0.1) is 0 Å². The monoisotopic (exact) mass is 336 g/mol. The van der Waals surface area contributed by atoms with E-state index in [1.54, 1.807) is 18.2 Å². The first-order valence-corrected chi connectivity index (χ1v) is 8.13. The maximum absolute atomic E-state index is 12.4. The molecule has 0 N–H and O–H groups in total. The van der Waals surface area contributed by atoms with Crippen LogP contribution in [0.1, 0.15) is 21.5 Å². The molecule has 0 aliphatic rings. The van der Waals surface area contributed by atoms with Gasteiger partial charge < -0.3 is 4.74 Å². The average Bonchev–Trinajstić information content (AvgIpc) is 2.63. The number of carbonyl (C=O) groups excluding carboxylic acids is 1. The highest BCUT2D eigenvalue weighted by Crippen LogP contribution is 2.18. The van der Waals surface area contributed by atoms with Gasteiger partial charge in [-0.05, 0) is 35.4 Å². The third-order valence-corrected chi connectivity index (χ3v) is 3.93. The van der Waals surface area contributed by atoms with Gasteiger partial charge in [0.1, 0.15) is 12.4 Å². The smallest absolute Gasteiger partial charge is 0.167 e. The lowest BCUT2D eigenvalue weighted by molar-refractivity contribution is 0.0992. The normalized spacial score (nSPS) is 10.4. The van der Waals surface area contributed by atoms with E-state index >= 15 is 0 Å². The van der Waals surface area contributed by atoms with Crippen molar-refractivity contribution in [1.82, 2.24) is 0 Å². The van der Waals surface area contributed by atoms with E-state index in [0.29, 0.717) is 29.4 Å². The van der Waals surface area contributed by atoms with E-state index in [1.807, 2.05) is 60.7 Å². The second-order valence-electron chi connectivity index (χ2n) is 5.53. The zero-order valence-corrected chi connectivity index (χ0v) is 13.9. The van der Waals surface area contributed by atoms with Crippen LogP contribution in [0.4, 0.5) is 0 Å². The number of Topliss-reactive ketones (excluding diaryl/α,β-unsaturated/α-hetero) is 1. The van der Waals surface area contributed by atoms with Gasteiger partial charge in [0, 0.05) is 17.0 Å². The Morgan fingerprint density at radius 2 is 1.58 bits per heavy atom. The minimum atomic E-state index is 0.0579. The fourth-order valence-electron chi connectivity index (χ4n) is 2.39. The van der Waals surface area contributed by atoms with Crippen LogP contribution in [0.15, 0.2) is 78.9 Å². The fourth-order valence-corrected chi connectivity index (χ4v) is 2.52. The van der Waals surface area contributed by atoms with Crippen molar-refractivity contribution >= 4 is 17.4 Å². The van der Waals surface area contributed by atoms with Gasteiger partial charge in [-0.15, -0.1) is 0 Å². The molecule has 0 amide bonds. The van der Waals surface area contributed by atoms with Crippen LogP contribution in [-0.4, -0.2) is 5.78 Å². The summed E-state index contributed by atoms with van der Waals surface area (Å²) in [5, 5.41) is 0.669. The van der Waals surface area contributed by atoms with E-state index < -0.39 is 0 Å². The van der Waals surface area contributed by atoms with Crippen molar-refractivity contribution in [2.24, 2.45) is 0 Å². The van der Waals surface area contributed by atoms with E-state index in [4.69, 9.17) is 16.3 Å². The average molecular weight is 337 g/mol. The molecule has 2 nitrogen and oxygen atoms in total. The Balaban J connectivity index is 1.65. The Morgan fingerprint density at radius 1 is 0.833 bits per heavy atom. The summed E-state index contributed by atoms with van der Waals surface area (Å²) in [6, 6.07) is 24.6. The van der Waals surface area contributed by atoms with E-state index in [9.17, 15) is 4.79 Å². The SMILES string of the molecule is O=C(Cc1ccc(Cl)cc1)c1cccc(OCc2ccccc2)c1. The van der Waals surface area contributed by atoms with Crippen molar-refractivity contribution in [2.75, 3.05) is 0 Å². The van der Waals surface area contributed by atoms with E-state index in [0.717, 1.165) is 11.1 Å². The van der Waals surface area contributed by atoms with Gasteiger partial charge in [-0.3, -0.25) is 4.79 Å². The van der Waals surface area contributed by atoms with Crippen LogP contribution in [0.2, 0.25) is 5.02 Å². The number of hydrogen-bond donors (Lipinski definition) is 0. The van der Waals surface area contributed by atoms with Gasteiger partial charge in [0.2, 0.25) is 0 Å². The van der Waals surface area contributed by atoms with E-state index in [2.05, 4.69) is 0 Å². The molecule has 0 aromatic heterocycles. The second kappa shape index (κ2) is 7.80. The van der Waals surface area contributed by atoms with Crippen molar-refractivity contribution in [2.45, 2.75) is 13.0 Å². The first-order valence-electron chi connectivity index (χ1n) is 7.75. The molecule has 0 aliphatic carbocycles. The molecule has 0 saturated carbocycles. The van der Waals surface area contributed by atoms with Gasteiger partial charge >= 0.3 is 0 Å². The molecule has 0 saturated heterocycles. The van der Waals surface area contributed by atoms with Crippen LogP contribution in [0, 0.1) is 0 Å². The van der Waals surface area contributed by atoms with Crippen molar-refractivity contribution in [3.63, 3.8) is 0 Å². The molecular formula is C21H17ClO2. The van der Waals surface area contributed by atoms with Gasteiger partial charge in [-0.25, -0.2) is 0 Å². The van der Waals surface area contributed by atoms with Crippen molar-refractivity contribution in [3.05, 3.63) is 101 Å². The van der Waals surface area contributed by atoms with E-state index in [-0.39, 0.29) is 5.78 Å². The van der Waals surface area contributed by atoms with Crippen molar-refractivity contribution in [1.29, 1.82) is 0 Å². The third kappa shape index (κ3) is 4.46. The number of carbonyl (C=O) groups is 1. The number of ether oxygens (including phenoxy) is 1. The largest absolute Gasteiger partial charge is 0.489 e. The lowest BCUT2D eigenvalue weighted by Gasteiger charge is -2.08. The predicted octanol–water partition coefficient (Wildman–Crippen LogP) is 5.34. The summed E-state index contributed by atoms with van der Waals surface area (Å²) < 4.78 is 5.78. The Bertz CT molecular complexity index is 811. The maximum Gasteiger partial charge on any atom is 0.167 e. The summed E-state index contributed by atoms with van der Waals surface area (Å²) in [4.78, 5) is 12.4. The maximum atomic E-state index is 12.4. The van der Waals surface area contributed by atoms with Crippen molar-refractivity contribution in [3.8, 4) is 5.75 Å². The predicted molar refractivity (Wildman–Crippen MR) is 96.7 cm³/mol. The van der Waals surface area contributed by atoms with E-state index in [1.165, 1.54) is 0 Å². The molecule has 0 spiro atoms. The molecule has 0 radical (unpaired) electrons. The highest BCUT2D eigenvalue weighted by Gasteiger charge is 2.08. The molecule has 0 fully saturated rings. The van der Waals surface area contributed by atoms with Crippen LogP contribution in [0.25, 0.3) is 0 Å². The molecule has 120 valence electrons. The molecule has 0 heterocycles. The lowest BCUT2D eigenvalue weighted by Crippen LogP contribution is -2.04. The van der Waals surface area contributed by atoms with Crippen LogP contribution >= 0.6 is 11.6 Å². The van der Waals surface area contributed by atoms with Gasteiger partial charge in [-0.2, -0.15) is 0 Å². The summed E-state index contributed by atoms with van der Waals surface area (Å²) in [5.41, 5.74) is 2.69. The zero-order chi connectivity index (χ0) is 16.8. The number of benzene rings is 3. The first-order chi connectivity index (χ1) is 11.7. The van der Waals surface area contributed by atoms with Gasteiger partial charge in [-0.1, -0.05) is 66.2 Å². The van der Waals surface area contributed by atoms with Crippen LogP contribution in [0.3, 0.4) is 0 Å². The molecule has 3 aromatic carbocycles. The highest BCUT2D eigenvalue weighted by atomic mass is 35.5. The second-order valence-corrected chi connectivity index (χ2v) is 5.96. The molecule has 3 rings (SSSR count). The quantitative estimate of drug-likeness (QED) is 0.567. The zero-order valence-electron chi connectivity index (χ0n) is 13.1. The minimum absolute atomic E-state index is 0.0579.